The van der Waals surface area contributed by atoms with Crippen LogP contribution in [0.2, 0.25) is 0 Å². The number of nitro groups is 1. The lowest BCUT2D eigenvalue weighted by molar-refractivity contribution is -0.385. The Morgan fingerprint density at radius 2 is 2.09 bits per heavy atom. The van der Waals surface area contributed by atoms with Gasteiger partial charge in [-0.15, -0.1) is 0 Å². The number of hydrazone groups is 1. The van der Waals surface area contributed by atoms with E-state index in [1.807, 2.05) is 30.3 Å². The number of nitro benzene ring substituents is 1. The number of aromatic amines is 1. The van der Waals surface area contributed by atoms with Crippen LogP contribution in [0.1, 0.15) is 18.1 Å². The summed E-state index contributed by atoms with van der Waals surface area (Å²) in [5, 5.41) is 15.3. The van der Waals surface area contributed by atoms with Crippen LogP contribution in [0.4, 0.5) is 11.6 Å². The Morgan fingerprint density at radius 1 is 1.30 bits per heavy atom. The number of H-pyrrole nitrogens is 1. The van der Waals surface area contributed by atoms with Gasteiger partial charge in [0.05, 0.1) is 21.7 Å². The topological polar surface area (TPSA) is 96.2 Å². The summed E-state index contributed by atoms with van der Waals surface area (Å²) in [5.41, 5.74) is 6.62. The average Bonchev–Trinajstić information content (AvgIpc) is 2.95. The van der Waals surface area contributed by atoms with Gasteiger partial charge in [0.15, 0.2) is 0 Å². The van der Waals surface area contributed by atoms with Crippen molar-refractivity contribution in [3.05, 3.63) is 63.7 Å². The van der Waals surface area contributed by atoms with Gasteiger partial charge in [0.1, 0.15) is 0 Å². The summed E-state index contributed by atoms with van der Waals surface area (Å²) in [7, 11) is 0. The molecule has 2 aromatic carbocycles. The van der Waals surface area contributed by atoms with E-state index in [4.69, 9.17) is 0 Å². The molecule has 2 N–H and O–H groups in total. The van der Waals surface area contributed by atoms with Crippen molar-refractivity contribution in [2.24, 2.45) is 5.10 Å². The van der Waals surface area contributed by atoms with Gasteiger partial charge in [-0.1, -0.05) is 24.3 Å². The average molecular weight is 309 g/mol. The Hall–Kier alpha value is -3.22. The third-order valence-corrected chi connectivity index (χ3v) is 3.54. The summed E-state index contributed by atoms with van der Waals surface area (Å²) in [4.78, 5) is 18.1. The van der Waals surface area contributed by atoms with Gasteiger partial charge < -0.3 is 4.98 Å². The predicted molar refractivity (Wildman–Crippen MR) is 89.8 cm³/mol. The monoisotopic (exact) mass is 309 g/mol. The summed E-state index contributed by atoms with van der Waals surface area (Å²) in [6, 6.07) is 12.7. The zero-order chi connectivity index (χ0) is 16.4. The van der Waals surface area contributed by atoms with Gasteiger partial charge in [0, 0.05) is 17.2 Å². The molecule has 0 radical (unpaired) electrons. The number of anilines is 1. The van der Waals surface area contributed by atoms with E-state index in [0.717, 1.165) is 11.0 Å². The lowest BCUT2D eigenvalue weighted by Crippen LogP contribution is -2.02. The zero-order valence-electron chi connectivity index (χ0n) is 12.7. The van der Waals surface area contributed by atoms with E-state index in [1.54, 1.807) is 19.9 Å². The van der Waals surface area contributed by atoms with Crippen LogP contribution in [0.25, 0.3) is 11.0 Å². The highest BCUT2D eigenvalue weighted by atomic mass is 16.6. The summed E-state index contributed by atoms with van der Waals surface area (Å²) < 4.78 is 0. The Labute approximate surface area is 132 Å². The van der Waals surface area contributed by atoms with Crippen LogP contribution < -0.4 is 5.43 Å². The van der Waals surface area contributed by atoms with Gasteiger partial charge in [-0.25, -0.2) is 10.4 Å². The second-order valence-corrected chi connectivity index (χ2v) is 5.17. The number of hydrogen-bond donors (Lipinski definition) is 2. The van der Waals surface area contributed by atoms with Gasteiger partial charge >= 0.3 is 0 Å². The molecule has 0 aliphatic heterocycles. The molecule has 0 aliphatic carbocycles. The number of imidazole rings is 1. The highest BCUT2D eigenvalue weighted by Gasteiger charge is 2.12. The maximum absolute atomic E-state index is 11.0. The minimum atomic E-state index is -0.390. The van der Waals surface area contributed by atoms with Crippen LogP contribution in [-0.2, 0) is 0 Å². The summed E-state index contributed by atoms with van der Waals surface area (Å²) >= 11 is 0. The number of nitrogens with zero attached hydrogens (tertiary/aromatic N) is 3. The van der Waals surface area contributed by atoms with Crippen molar-refractivity contribution >= 4 is 28.4 Å². The molecule has 0 aliphatic rings. The molecule has 0 saturated carbocycles. The first-order valence-electron chi connectivity index (χ1n) is 7.05. The number of nitrogens with one attached hydrogen (secondary N) is 2. The number of aromatic nitrogens is 2. The van der Waals surface area contributed by atoms with E-state index in [9.17, 15) is 10.1 Å². The molecular formula is C16H15N5O2. The Morgan fingerprint density at radius 3 is 2.83 bits per heavy atom. The highest BCUT2D eigenvalue weighted by Crippen LogP contribution is 2.20. The zero-order valence-corrected chi connectivity index (χ0v) is 12.7. The molecular weight excluding hydrogens is 294 g/mol. The fraction of sp³-hybridized carbons (Fsp3) is 0.125. The summed E-state index contributed by atoms with van der Waals surface area (Å²) in [5.74, 6) is 0.521. The number of para-hydroxylation sites is 2. The first-order valence-corrected chi connectivity index (χ1v) is 7.05. The molecule has 7 heteroatoms. The molecule has 7 nitrogen and oxygen atoms in total. The first kappa shape index (κ1) is 14.7. The molecule has 0 fully saturated rings. The number of hydrogen-bond acceptors (Lipinski definition) is 5. The van der Waals surface area contributed by atoms with Crippen molar-refractivity contribution in [3.63, 3.8) is 0 Å². The van der Waals surface area contributed by atoms with Crippen molar-refractivity contribution in [2.45, 2.75) is 13.8 Å². The van der Waals surface area contributed by atoms with Crippen molar-refractivity contribution < 1.29 is 4.92 Å². The fourth-order valence-corrected chi connectivity index (χ4v) is 2.24. The number of rotatable bonds is 4. The van der Waals surface area contributed by atoms with Crippen LogP contribution >= 0.6 is 0 Å². The summed E-state index contributed by atoms with van der Waals surface area (Å²) in [6.07, 6.45) is 0. The standard InChI is InChI=1S/C16H15N5O2/c1-10-7-8-12(9-15(10)21(22)23)11(2)19-20-16-17-13-5-3-4-6-14(13)18-16/h3-9H,1-2H3,(H2,17,18,20)/b19-11-. The lowest BCUT2D eigenvalue weighted by atomic mass is 10.1. The molecule has 0 unspecified atom stereocenters. The number of benzene rings is 2. The van der Waals surface area contributed by atoms with E-state index < -0.39 is 4.92 Å². The second-order valence-electron chi connectivity index (χ2n) is 5.17. The smallest absolute Gasteiger partial charge is 0.272 e. The molecule has 0 amide bonds. The molecule has 3 aromatic rings. The molecule has 1 aromatic heterocycles. The molecule has 0 atom stereocenters. The van der Waals surface area contributed by atoms with Crippen LogP contribution in [0.5, 0.6) is 0 Å². The van der Waals surface area contributed by atoms with Crippen LogP contribution in [0, 0.1) is 17.0 Å². The predicted octanol–water partition coefficient (Wildman–Crippen LogP) is 3.62. The van der Waals surface area contributed by atoms with Crippen LogP contribution in [-0.4, -0.2) is 20.6 Å². The molecule has 23 heavy (non-hydrogen) atoms. The van der Waals surface area contributed by atoms with Gasteiger partial charge in [-0.2, -0.15) is 5.10 Å². The molecule has 1 heterocycles. The third-order valence-electron chi connectivity index (χ3n) is 3.54. The van der Waals surface area contributed by atoms with E-state index in [0.29, 0.717) is 22.8 Å². The second kappa shape index (κ2) is 5.88. The molecule has 0 bridgehead atoms. The largest absolute Gasteiger partial charge is 0.323 e. The van der Waals surface area contributed by atoms with Gasteiger partial charge in [-0.05, 0) is 26.0 Å². The quantitative estimate of drug-likeness (QED) is 0.437. The molecule has 0 spiro atoms. The Bertz CT molecular complexity index is 881. The van der Waals surface area contributed by atoms with Crippen molar-refractivity contribution in [2.75, 3.05) is 5.43 Å². The van der Waals surface area contributed by atoms with E-state index in [1.165, 1.54) is 6.07 Å². The van der Waals surface area contributed by atoms with Crippen LogP contribution in [0.15, 0.2) is 47.6 Å². The lowest BCUT2D eigenvalue weighted by Gasteiger charge is -2.03. The molecule has 0 saturated heterocycles. The normalized spacial score (nSPS) is 11.7. The van der Waals surface area contributed by atoms with Crippen molar-refractivity contribution in [3.8, 4) is 0 Å². The molecule has 3 rings (SSSR count). The fourth-order valence-electron chi connectivity index (χ4n) is 2.24. The first-order chi connectivity index (χ1) is 11.0. The SMILES string of the molecule is C/C(=N/Nc1nc2ccccc2[nH]1)c1ccc(C)c([N+](=O)[O-])c1. The van der Waals surface area contributed by atoms with E-state index in [2.05, 4.69) is 20.5 Å². The number of fused-ring (bicyclic) bond motifs is 1. The maximum atomic E-state index is 11.0. The van der Waals surface area contributed by atoms with Gasteiger partial charge in [-0.3, -0.25) is 10.1 Å². The number of aryl methyl sites for hydroxylation is 1. The Balaban J connectivity index is 1.84. The minimum Gasteiger partial charge on any atom is -0.323 e. The van der Waals surface area contributed by atoms with Gasteiger partial charge in [0.2, 0.25) is 5.95 Å². The third kappa shape index (κ3) is 3.03. The van der Waals surface area contributed by atoms with Gasteiger partial charge in [0.25, 0.3) is 5.69 Å². The highest BCUT2D eigenvalue weighted by molar-refractivity contribution is 5.99. The minimum absolute atomic E-state index is 0.0841. The summed E-state index contributed by atoms with van der Waals surface area (Å²) in [6.45, 7) is 3.49. The Kier molecular flexibility index (Phi) is 3.76. The van der Waals surface area contributed by atoms with E-state index >= 15 is 0 Å². The van der Waals surface area contributed by atoms with E-state index in [-0.39, 0.29) is 5.69 Å². The van der Waals surface area contributed by atoms with Crippen molar-refractivity contribution in [1.82, 2.24) is 9.97 Å². The van der Waals surface area contributed by atoms with Crippen LogP contribution in [0.3, 0.4) is 0 Å². The maximum Gasteiger partial charge on any atom is 0.272 e. The van der Waals surface area contributed by atoms with Crippen molar-refractivity contribution in [1.29, 1.82) is 0 Å². The molecule has 116 valence electrons.